The number of benzene rings is 1. The fourth-order valence-electron chi connectivity index (χ4n) is 1.31. The molecule has 2 rings (SSSR count). The first kappa shape index (κ1) is 11.4. The topological polar surface area (TPSA) is 80.0 Å². The van der Waals surface area contributed by atoms with Crippen LogP contribution in [0.15, 0.2) is 30.3 Å². The number of anilines is 3. The number of carbonyl (C=O) groups is 1. The van der Waals surface area contributed by atoms with E-state index >= 15 is 0 Å². The lowest BCUT2D eigenvalue weighted by Crippen LogP contribution is -2.11. The summed E-state index contributed by atoms with van der Waals surface area (Å²) in [6.45, 7) is 0. The predicted octanol–water partition coefficient (Wildman–Crippen LogP) is 2.02. The van der Waals surface area contributed by atoms with Crippen molar-refractivity contribution in [3.63, 3.8) is 0 Å². The molecule has 88 valence electrons. The Morgan fingerprint density at radius 1 is 1.35 bits per heavy atom. The Hall–Kier alpha value is -2.08. The molecule has 0 spiro atoms. The van der Waals surface area contributed by atoms with Crippen molar-refractivity contribution in [3.8, 4) is 0 Å². The van der Waals surface area contributed by atoms with Gasteiger partial charge >= 0.3 is 0 Å². The second-order valence-corrected chi connectivity index (χ2v) is 4.30. The van der Waals surface area contributed by atoms with Crippen molar-refractivity contribution in [1.29, 1.82) is 0 Å². The largest absolute Gasteiger partial charge is 0.382 e. The molecule has 5 nitrogen and oxygen atoms in total. The summed E-state index contributed by atoms with van der Waals surface area (Å²) in [7, 11) is 1.73. The maximum Gasteiger partial charge on any atom is 0.269 e. The van der Waals surface area contributed by atoms with E-state index < -0.39 is 0 Å². The number of aromatic nitrogens is 1. The number of para-hydroxylation sites is 1. The quantitative estimate of drug-likeness (QED) is 0.776. The SMILES string of the molecule is CNc1nc(N)c(C(=O)Nc2ccccc2)s1. The van der Waals surface area contributed by atoms with Gasteiger partial charge in [0.15, 0.2) is 5.13 Å². The van der Waals surface area contributed by atoms with Crippen LogP contribution in [-0.4, -0.2) is 17.9 Å². The Balaban J connectivity index is 2.17. The lowest BCUT2D eigenvalue weighted by atomic mass is 10.3. The van der Waals surface area contributed by atoms with E-state index in [1.165, 1.54) is 11.3 Å². The van der Waals surface area contributed by atoms with Crippen molar-refractivity contribution in [2.45, 2.75) is 0 Å². The van der Waals surface area contributed by atoms with Gasteiger partial charge in [0.25, 0.3) is 5.91 Å². The summed E-state index contributed by atoms with van der Waals surface area (Å²) in [5, 5.41) is 6.24. The summed E-state index contributed by atoms with van der Waals surface area (Å²) in [5.41, 5.74) is 6.40. The zero-order valence-corrected chi connectivity index (χ0v) is 10.0. The molecule has 0 bridgehead atoms. The summed E-state index contributed by atoms with van der Waals surface area (Å²) in [4.78, 5) is 16.3. The first-order chi connectivity index (χ1) is 8.20. The highest BCUT2D eigenvalue weighted by atomic mass is 32.1. The van der Waals surface area contributed by atoms with E-state index in [9.17, 15) is 4.79 Å². The van der Waals surface area contributed by atoms with Crippen molar-refractivity contribution in [2.24, 2.45) is 0 Å². The maximum atomic E-state index is 11.9. The smallest absolute Gasteiger partial charge is 0.269 e. The molecule has 0 aliphatic carbocycles. The number of thiazole rings is 1. The number of nitrogens with two attached hydrogens (primary N) is 1. The highest BCUT2D eigenvalue weighted by molar-refractivity contribution is 7.18. The summed E-state index contributed by atoms with van der Waals surface area (Å²) in [6, 6.07) is 9.22. The molecular formula is C11H12N4OS. The third-order valence-electron chi connectivity index (χ3n) is 2.11. The number of amides is 1. The fourth-order valence-corrected chi connectivity index (χ4v) is 2.04. The molecule has 6 heteroatoms. The zero-order chi connectivity index (χ0) is 12.3. The standard InChI is InChI=1S/C11H12N4OS/c1-13-11-15-9(12)8(17-11)10(16)14-7-5-3-2-4-6-7/h2-6H,12H2,1H3,(H,13,15)(H,14,16). The second kappa shape index (κ2) is 4.84. The number of nitrogen functional groups attached to an aromatic ring is 1. The van der Waals surface area contributed by atoms with E-state index in [4.69, 9.17) is 5.73 Å². The Labute approximate surface area is 103 Å². The van der Waals surface area contributed by atoms with Gasteiger partial charge in [0.2, 0.25) is 0 Å². The molecule has 4 N–H and O–H groups in total. The van der Waals surface area contributed by atoms with Crippen molar-refractivity contribution in [1.82, 2.24) is 4.98 Å². The van der Waals surface area contributed by atoms with E-state index in [1.807, 2.05) is 30.3 Å². The number of hydrogen-bond donors (Lipinski definition) is 3. The molecular weight excluding hydrogens is 236 g/mol. The van der Waals surface area contributed by atoms with Gasteiger partial charge < -0.3 is 16.4 Å². The first-order valence-electron chi connectivity index (χ1n) is 5.01. The molecule has 1 amide bonds. The Morgan fingerprint density at radius 2 is 2.06 bits per heavy atom. The van der Waals surface area contributed by atoms with Gasteiger partial charge in [-0.15, -0.1) is 0 Å². The van der Waals surface area contributed by atoms with Crippen LogP contribution in [0.3, 0.4) is 0 Å². The fraction of sp³-hybridized carbons (Fsp3) is 0.0909. The van der Waals surface area contributed by atoms with Crippen molar-refractivity contribution in [2.75, 3.05) is 23.4 Å². The average molecular weight is 248 g/mol. The molecule has 0 radical (unpaired) electrons. The number of carbonyl (C=O) groups excluding carboxylic acids is 1. The van der Waals surface area contributed by atoms with E-state index in [-0.39, 0.29) is 11.7 Å². The summed E-state index contributed by atoms with van der Waals surface area (Å²) < 4.78 is 0. The van der Waals surface area contributed by atoms with Gasteiger partial charge in [-0.05, 0) is 12.1 Å². The van der Waals surface area contributed by atoms with Crippen LogP contribution in [0, 0.1) is 0 Å². The van der Waals surface area contributed by atoms with Crippen molar-refractivity contribution < 1.29 is 4.79 Å². The minimum atomic E-state index is -0.243. The number of rotatable bonds is 3. The van der Waals surface area contributed by atoms with Crippen LogP contribution in [0.4, 0.5) is 16.6 Å². The molecule has 0 saturated carbocycles. The van der Waals surface area contributed by atoms with Crippen LogP contribution in [0.1, 0.15) is 9.67 Å². The Bertz CT molecular complexity index is 524. The van der Waals surface area contributed by atoms with Gasteiger partial charge in [-0.1, -0.05) is 29.5 Å². The van der Waals surface area contributed by atoms with Crippen LogP contribution in [0.5, 0.6) is 0 Å². The van der Waals surface area contributed by atoms with E-state index in [0.717, 1.165) is 5.69 Å². The van der Waals surface area contributed by atoms with Crippen LogP contribution in [-0.2, 0) is 0 Å². The molecule has 0 fully saturated rings. The number of hydrogen-bond acceptors (Lipinski definition) is 5. The number of nitrogens with one attached hydrogen (secondary N) is 2. The van der Waals surface area contributed by atoms with Crippen molar-refractivity contribution in [3.05, 3.63) is 35.2 Å². The minimum Gasteiger partial charge on any atom is -0.382 e. The van der Waals surface area contributed by atoms with Crippen LogP contribution in [0.25, 0.3) is 0 Å². The molecule has 0 aliphatic rings. The van der Waals surface area contributed by atoms with Crippen LogP contribution >= 0.6 is 11.3 Å². The molecule has 1 aromatic heterocycles. The van der Waals surface area contributed by atoms with E-state index in [1.54, 1.807) is 7.05 Å². The zero-order valence-electron chi connectivity index (χ0n) is 9.23. The van der Waals surface area contributed by atoms with Gasteiger partial charge in [0.05, 0.1) is 0 Å². The molecule has 0 unspecified atom stereocenters. The second-order valence-electron chi connectivity index (χ2n) is 3.30. The molecule has 2 aromatic rings. The van der Waals surface area contributed by atoms with Crippen LogP contribution in [0.2, 0.25) is 0 Å². The average Bonchev–Trinajstić information content (AvgIpc) is 2.72. The number of nitrogens with zero attached hydrogens (tertiary/aromatic N) is 1. The van der Waals surface area contributed by atoms with Gasteiger partial charge in [-0.3, -0.25) is 4.79 Å². The van der Waals surface area contributed by atoms with Gasteiger partial charge in [-0.25, -0.2) is 4.98 Å². The van der Waals surface area contributed by atoms with E-state index in [2.05, 4.69) is 15.6 Å². The Kier molecular flexibility index (Phi) is 3.24. The van der Waals surface area contributed by atoms with Crippen LogP contribution < -0.4 is 16.4 Å². The molecule has 0 atom stereocenters. The first-order valence-corrected chi connectivity index (χ1v) is 5.83. The third-order valence-corrected chi connectivity index (χ3v) is 3.19. The summed E-state index contributed by atoms with van der Waals surface area (Å²) in [5.74, 6) is 0.000445. The lowest BCUT2D eigenvalue weighted by Gasteiger charge is -2.02. The molecule has 1 aromatic carbocycles. The van der Waals surface area contributed by atoms with E-state index in [0.29, 0.717) is 10.0 Å². The lowest BCUT2D eigenvalue weighted by molar-refractivity contribution is 0.103. The van der Waals surface area contributed by atoms with Gasteiger partial charge in [0, 0.05) is 12.7 Å². The summed E-state index contributed by atoms with van der Waals surface area (Å²) >= 11 is 1.23. The highest BCUT2D eigenvalue weighted by Crippen LogP contribution is 2.25. The predicted molar refractivity (Wildman–Crippen MR) is 70.5 cm³/mol. The molecule has 17 heavy (non-hydrogen) atoms. The normalized spacial score (nSPS) is 9.94. The highest BCUT2D eigenvalue weighted by Gasteiger charge is 2.15. The third kappa shape index (κ3) is 2.54. The monoisotopic (exact) mass is 248 g/mol. The molecule has 0 aliphatic heterocycles. The molecule has 1 heterocycles. The van der Waals surface area contributed by atoms with Gasteiger partial charge in [-0.2, -0.15) is 0 Å². The minimum absolute atomic E-state index is 0.243. The maximum absolute atomic E-state index is 11.9. The van der Waals surface area contributed by atoms with Gasteiger partial charge in [0.1, 0.15) is 10.7 Å². The summed E-state index contributed by atoms with van der Waals surface area (Å²) in [6.07, 6.45) is 0. The molecule has 0 saturated heterocycles. The van der Waals surface area contributed by atoms with Crippen molar-refractivity contribution >= 4 is 33.9 Å². The Morgan fingerprint density at radius 3 is 2.65 bits per heavy atom.